The van der Waals surface area contributed by atoms with E-state index in [-0.39, 0.29) is 17.9 Å². The van der Waals surface area contributed by atoms with Gasteiger partial charge in [-0.25, -0.2) is 8.42 Å². The van der Waals surface area contributed by atoms with E-state index in [1.54, 1.807) is 24.3 Å². The molecule has 16 heavy (non-hydrogen) atoms. The maximum atomic E-state index is 11.4. The molecule has 1 aliphatic heterocycles. The van der Waals surface area contributed by atoms with Crippen LogP contribution in [0.3, 0.4) is 0 Å². The lowest BCUT2D eigenvalue weighted by molar-refractivity contribution is 0.0650. The lowest BCUT2D eigenvalue weighted by Crippen LogP contribution is -2.26. The van der Waals surface area contributed by atoms with Crippen molar-refractivity contribution in [2.24, 2.45) is 0 Å². The summed E-state index contributed by atoms with van der Waals surface area (Å²) >= 11 is 0. The van der Waals surface area contributed by atoms with Gasteiger partial charge >= 0.3 is 0 Å². The molecule has 1 heterocycles. The van der Waals surface area contributed by atoms with E-state index in [0.717, 1.165) is 0 Å². The number of hydrogen-bond donors (Lipinski definition) is 1. The summed E-state index contributed by atoms with van der Waals surface area (Å²) in [5.74, 6) is 0.462. The first-order chi connectivity index (χ1) is 7.45. The fourth-order valence-electron chi connectivity index (χ4n) is 1.97. The molecule has 1 saturated heterocycles. The maximum Gasteiger partial charge on any atom is 0.153 e. The van der Waals surface area contributed by atoms with Crippen molar-refractivity contribution < 1.29 is 18.3 Å². The SMILES string of the molecule is COc1cccc(C2(O)CCS(=O)(=O)C2)c1. The Morgan fingerprint density at radius 3 is 2.75 bits per heavy atom. The second kappa shape index (κ2) is 3.75. The number of rotatable bonds is 2. The van der Waals surface area contributed by atoms with Crippen LogP contribution in [0.4, 0.5) is 0 Å². The maximum absolute atomic E-state index is 11.4. The van der Waals surface area contributed by atoms with Crippen LogP contribution >= 0.6 is 0 Å². The number of sulfone groups is 1. The molecule has 1 atom stereocenters. The molecule has 0 amide bonds. The first-order valence-corrected chi connectivity index (χ1v) is 6.85. The molecule has 5 heteroatoms. The van der Waals surface area contributed by atoms with Gasteiger partial charge in [-0.2, -0.15) is 0 Å². The van der Waals surface area contributed by atoms with E-state index >= 15 is 0 Å². The van der Waals surface area contributed by atoms with E-state index in [9.17, 15) is 13.5 Å². The average molecular weight is 242 g/mol. The molecule has 0 spiro atoms. The largest absolute Gasteiger partial charge is 0.497 e. The summed E-state index contributed by atoms with van der Waals surface area (Å²) in [6, 6.07) is 6.91. The predicted molar refractivity (Wildman–Crippen MR) is 60.2 cm³/mol. The summed E-state index contributed by atoms with van der Waals surface area (Å²) < 4.78 is 27.8. The second-order valence-corrected chi connectivity index (χ2v) is 6.29. The van der Waals surface area contributed by atoms with Crippen LogP contribution in [-0.4, -0.2) is 32.1 Å². The molecule has 88 valence electrons. The molecule has 1 fully saturated rings. The minimum atomic E-state index is -3.11. The molecule has 0 aliphatic carbocycles. The van der Waals surface area contributed by atoms with Gasteiger partial charge in [-0.1, -0.05) is 12.1 Å². The van der Waals surface area contributed by atoms with Crippen molar-refractivity contribution in [3.8, 4) is 5.75 Å². The number of hydrogen-bond acceptors (Lipinski definition) is 4. The summed E-state index contributed by atoms with van der Waals surface area (Å²) in [4.78, 5) is 0. The molecule has 0 radical (unpaired) electrons. The van der Waals surface area contributed by atoms with Crippen LogP contribution in [0.5, 0.6) is 5.75 Å². The Labute approximate surface area is 94.8 Å². The topological polar surface area (TPSA) is 63.6 Å². The highest BCUT2D eigenvalue weighted by Gasteiger charge is 2.41. The van der Waals surface area contributed by atoms with E-state index in [1.165, 1.54) is 7.11 Å². The van der Waals surface area contributed by atoms with Gasteiger partial charge < -0.3 is 9.84 Å². The number of ether oxygens (including phenoxy) is 1. The van der Waals surface area contributed by atoms with Gasteiger partial charge in [-0.3, -0.25) is 0 Å². The van der Waals surface area contributed by atoms with Gasteiger partial charge in [0.05, 0.1) is 18.6 Å². The lowest BCUT2D eigenvalue weighted by Gasteiger charge is -2.21. The fraction of sp³-hybridized carbons (Fsp3) is 0.455. The van der Waals surface area contributed by atoms with Gasteiger partial charge in [0, 0.05) is 0 Å². The van der Waals surface area contributed by atoms with Gasteiger partial charge in [0.15, 0.2) is 9.84 Å². The smallest absolute Gasteiger partial charge is 0.153 e. The van der Waals surface area contributed by atoms with Crippen LogP contribution in [0.15, 0.2) is 24.3 Å². The average Bonchev–Trinajstić information content (AvgIpc) is 2.55. The van der Waals surface area contributed by atoms with Crippen molar-refractivity contribution in [1.29, 1.82) is 0 Å². The summed E-state index contributed by atoms with van der Waals surface area (Å²) in [5, 5.41) is 10.3. The van der Waals surface area contributed by atoms with Gasteiger partial charge in [-0.15, -0.1) is 0 Å². The Bertz CT molecular complexity index is 494. The normalized spacial score (nSPS) is 27.9. The van der Waals surface area contributed by atoms with Gasteiger partial charge in [0.2, 0.25) is 0 Å². The summed E-state index contributed by atoms with van der Waals surface area (Å²) in [7, 11) is -1.58. The molecule has 1 unspecified atom stereocenters. The Kier molecular flexibility index (Phi) is 2.67. The van der Waals surface area contributed by atoms with E-state index in [0.29, 0.717) is 11.3 Å². The zero-order valence-electron chi connectivity index (χ0n) is 9.01. The van der Waals surface area contributed by atoms with E-state index < -0.39 is 15.4 Å². The molecule has 0 aromatic heterocycles. The summed E-state index contributed by atoms with van der Waals surface area (Å²) in [5.41, 5.74) is -0.652. The first kappa shape index (κ1) is 11.4. The van der Waals surface area contributed by atoms with Crippen LogP contribution in [0.1, 0.15) is 12.0 Å². The van der Waals surface area contributed by atoms with Crippen molar-refractivity contribution in [2.45, 2.75) is 12.0 Å². The molecule has 1 aliphatic rings. The molecular formula is C11H14O4S. The van der Waals surface area contributed by atoms with Crippen LogP contribution in [0.2, 0.25) is 0 Å². The third-order valence-corrected chi connectivity index (χ3v) is 4.64. The van der Waals surface area contributed by atoms with Crippen LogP contribution < -0.4 is 4.74 Å². The third kappa shape index (κ3) is 2.05. The highest BCUT2D eigenvalue weighted by atomic mass is 32.2. The quantitative estimate of drug-likeness (QED) is 0.829. The Hall–Kier alpha value is -1.07. The predicted octanol–water partition coefficient (Wildman–Crippen LogP) is 0.701. The van der Waals surface area contributed by atoms with E-state index in [2.05, 4.69) is 0 Å². The number of aliphatic hydroxyl groups is 1. The van der Waals surface area contributed by atoms with Crippen LogP contribution in [0, 0.1) is 0 Å². The second-order valence-electron chi connectivity index (χ2n) is 4.11. The van der Waals surface area contributed by atoms with Crippen molar-refractivity contribution in [3.05, 3.63) is 29.8 Å². The minimum Gasteiger partial charge on any atom is -0.497 e. The molecular weight excluding hydrogens is 228 g/mol. The van der Waals surface area contributed by atoms with Gasteiger partial charge in [0.25, 0.3) is 0 Å². The molecule has 1 aromatic rings. The zero-order valence-corrected chi connectivity index (χ0v) is 9.83. The van der Waals surface area contributed by atoms with Crippen molar-refractivity contribution in [1.82, 2.24) is 0 Å². The molecule has 0 bridgehead atoms. The van der Waals surface area contributed by atoms with Crippen molar-refractivity contribution in [2.75, 3.05) is 18.6 Å². The monoisotopic (exact) mass is 242 g/mol. The fourth-order valence-corrected chi connectivity index (χ4v) is 3.80. The Morgan fingerprint density at radius 2 is 2.19 bits per heavy atom. The van der Waals surface area contributed by atoms with E-state index in [4.69, 9.17) is 4.74 Å². The van der Waals surface area contributed by atoms with Gasteiger partial charge in [-0.05, 0) is 24.1 Å². The van der Waals surface area contributed by atoms with Crippen molar-refractivity contribution >= 4 is 9.84 Å². The zero-order chi connectivity index (χ0) is 11.8. The highest BCUT2D eigenvalue weighted by molar-refractivity contribution is 7.91. The molecule has 1 N–H and O–H groups in total. The Balaban J connectivity index is 2.37. The third-order valence-electron chi connectivity index (χ3n) is 2.89. The minimum absolute atomic E-state index is 0.0424. The standard InChI is InChI=1S/C11H14O4S/c1-15-10-4-2-3-9(7-10)11(12)5-6-16(13,14)8-11/h2-4,7,12H,5-6,8H2,1H3. The summed E-state index contributed by atoms with van der Waals surface area (Å²) in [6.45, 7) is 0. The Morgan fingerprint density at radius 1 is 1.44 bits per heavy atom. The van der Waals surface area contributed by atoms with Gasteiger partial charge in [0.1, 0.15) is 11.4 Å². The highest BCUT2D eigenvalue weighted by Crippen LogP contribution is 2.34. The first-order valence-electron chi connectivity index (χ1n) is 5.03. The van der Waals surface area contributed by atoms with Crippen LogP contribution in [-0.2, 0) is 15.4 Å². The molecule has 2 rings (SSSR count). The number of methoxy groups -OCH3 is 1. The number of benzene rings is 1. The summed E-state index contributed by atoms with van der Waals surface area (Å²) in [6.07, 6.45) is 0.252. The molecule has 0 saturated carbocycles. The van der Waals surface area contributed by atoms with Crippen molar-refractivity contribution in [3.63, 3.8) is 0 Å². The molecule has 1 aromatic carbocycles. The van der Waals surface area contributed by atoms with E-state index in [1.807, 2.05) is 0 Å². The lowest BCUT2D eigenvalue weighted by atomic mass is 9.93. The van der Waals surface area contributed by atoms with Crippen LogP contribution in [0.25, 0.3) is 0 Å². The molecule has 4 nitrogen and oxygen atoms in total.